The summed E-state index contributed by atoms with van der Waals surface area (Å²) in [7, 11) is 1.58. The van der Waals surface area contributed by atoms with Gasteiger partial charge in [0.25, 0.3) is 5.91 Å². The molecule has 1 fully saturated rings. The maximum Gasteiger partial charge on any atom is 0.276 e. The predicted octanol–water partition coefficient (Wildman–Crippen LogP) is 0.692. The summed E-state index contributed by atoms with van der Waals surface area (Å²) in [5.41, 5.74) is 1.12. The van der Waals surface area contributed by atoms with Gasteiger partial charge in [0.1, 0.15) is 11.8 Å². The SMILES string of the molecule is CNC(=O)C1CN(C(=O)c2cc(C3CC3)on2)Cc2cncn21. The Bertz CT molecular complexity index is 761. The highest BCUT2D eigenvalue weighted by molar-refractivity contribution is 5.93. The number of carbonyl (C=O) groups is 2. The number of nitrogens with zero attached hydrogens (tertiary/aromatic N) is 4. The summed E-state index contributed by atoms with van der Waals surface area (Å²) in [4.78, 5) is 30.5. The molecule has 2 aromatic rings. The summed E-state index contributed by atoms with van der Waals surface area (Å²) in [6.07, 6.45) is 5.47. The molecule has 2 aliphatic rings. The average Bonchev–Trinajstić information content (AvgIpc) is 3.12. The van der Waals surface area contributed by atoms with Crippen molar-refractivity contribution in [3.05, 3.63) is 35.7 Å². The Morgan fingerprint density at radius 3 is 2.96 bits per heavy atom. The summed E-state index contributed by atoms with van der Waals surface area (Å²) in [5, 5.41) is 6.53. The van der Waals surface area contributed by atoms with Crippen LogP contribution in [-0.2, 0) is 11.3 Å². The number of hydrogen-bond acceptors (Lipinski definition) is 5. The van der Waals surface area contributed by atoms with E-state index in [-0.39, 0.29) is 18.4 Å². The van der Waals surface area contributed by atoms with Gasteiger partial charge in [-0.3, -0.25) is 9.59 Å². The van der Waals surface area contributed by atoms with Gasteiger partial charge in [-0.25, -0.2) is 4.98 Å². The minimum atomic E-state index is -0.481. The molecule has 23 heavy (non-hydrogen) atoms. The molecule has 0 radical (unpaired) electrons. The molecule has 1 aliphatic heterocycles. The van der Waals surface area contributed by atoms with Crippen LogP contribution >= 0.6 is 0 Å². The van der Waals surface area contributed by atoms with E-state index in [0.717, 1.165) is 24.3 Å². The van der Waals surface area contributed by atoms with Gasteiger partial charge in [-0.2, -0.15) is 0 Å². The van der Waals surface area contributed by atoms with Crippen molar-refractivity contribution in [1.82, 2.24) is 24.9 Å². The number of amides is 2. The molecule has 1 aliphatic carbocycles. The van der Waals surface area contributed by atoms with Crippen LogP contribution in [-0.4, -0.2) is 45.0 Å². The lowest BCUT2D eigenvalue weighted by Gasteiger charge is -2.32. The van der Waals surface area contributed by atoms with E-state index in [1.807, 2.05) is 0 Å². The van der Waals surface area contributed by atoms with Gasteiger partial charge in [0.2, 0.25) is 5.91 Å². The second-order valence-corrected chi connectivity index (χ2v) is 6.00. The van der Waals surface area contributed by atoms with Gasteiger partial charge in [-0.05, 0) is 12.8 Å². The average molecular weight is 315 g/mol. The molecule has 120 valence electrons. The van der Waals surface area contributed by atoms with Gasteiger partial charge in [-0.15, -0.1) is 0 Å². The minimum Gasteiger partial charge on any atom is -0.360 e. The number of hydrogen-bond donors (Lipinski definition) is 1. The van der Waals surface area contributed by atoms with E-state index in [9.17, 15) is 9.59 Å². The van der Waals surface area contributed by atoms with E-state index in [0.29, 0.717) is 18.2 Å². The molecule has 0 saturated heterocycles. The summed E-state index contributed by atoms with van der Waals surface area (Å²) < 4.78 is 7.06. The Labute approximate surface area is 132 Å². The lowest BCUT2D eigenvalue weighted by molar-refractivity contribution is -0.124. The lowest BCUT2D eigenvalue weighted by Crippen LogP contribution is -2.45. The van der Waals surface area contributed by atoms with Gasteiger partial charge in [0.15, 0.2) is 5.69 Å². The van der Waals surface area contributed by atoms with Crippen LogP contribution in [0.3, 0.4) is 0 Å². The van der Waals surface area contributed by atoms with Gasteiger partial charge in [0.05, 0.1) is 25.1 Å². The molecule has 4 rings (SSSR count). The van der Waals surface area contributed by atoms with Crippen LogP contribution in [0.1, 0.15) is 46.7 Å². The number of aromatic nitrogens is 3. The first-order valence-electron chi connectivity index (χ1n) is 7.65. The van der Waals surface area contributed by atoms with Crippen molar-refractivity contribution < 1.29 is 14.1 Å². The number of nitrogens with one attached hydrogen (secondary N) is 1. The smallest absolute Gasteiger partial charge is 0.276 e. The molecule has 3 heterocycles. The fraction of sp³-hybridized carbons (Fsp3) is 0.467. The fourth-order valence-corrected chi connectivity index (χ4v) is 2.93. The topological polar surface area (TPSA) is 93.3 Å². The maximum atomic E-state index is 12.7. The Balaban J connectivity index is 1.59. The van der Waals surface area contributed by atoms with E-state index < -0.39 is 6.04 Å². The molecule has 0 aromatic carbocycles. The molecular formula is C15H17N5O3. The molecule has 1 N–H and O–H groups in total. The predicted molar refractivity (Wildman–Crippen MR) is 78.5 cm³/mol. The van der Waals surface area contributed by atoms with E-state index in [2.05, 4.69) is 15.5 Å². The molecule has 0 bridgehead atoms. The number of imidazole rings is 1. The highest BCUT2D eigenvalue weighted by atomic mass is 16.5. The maximum absolute atomic E-state index is 12.7. The van der Waals surface area contributed by atoms with Crippen molar-refractivity contribution in [2.24, 2.45) is 0 Å². The molecule has 8 heteroatoms. The second-order valence-electron chi connectivity index (χ2n) is 6.00. The van der Waals surface area contributed by atoms with Crippen LogP contribution in [0.25, 0.3) is 0 Å². The fourth-order valence-electron chi connectivity index (χ4n) is 2.93. The van der Waals surface area contributed by atoms with Crippen molar-refractivity contribution in [3.8, 4) is 0 Å². The number of likely N-dealkylation sites (N-methyl/N-ethyl adjacent to an activating group) is 1. The summed E-state index contributed by atoms with van der Waals surface area (Å²) in [6.45, 7) is 0.686. The number of rotatable bonds is 3. The van der Waals surface area contributed by atoms with Crippen LogP contribution in [0.15, 0.2) is 23.1 Å². The molecular weight excluding hydrogens is 298 g/mol. The first kappa shape index (κ1) is 14.0. The minimum absolute atomic E-state index is 0.152. The lowest BCUT2D eigenvalue weighted by atomic mass is 10.1. The van der Waals surface area contributed by atoms with Crippen molar-refractivity contribution in [2.75, 3.05) is 13.6 Å². The van der Waals surface area contributed by atoms with Crippen LogP contribution in [0, 0.1) is 0 Å². The molecule has 1 unspecified atom stereocenters. The second kappa shape index (κ2) is 5.22. The zero-order valence-corrected chi connectivity index (χ0v) is 12.7. The van der Waals surface area contributed by atoms with Crippen LogP contribution in [0.5, 0.6) is 0 Å². The van der Waals surface area contributed by atoms with Crippen LogP contribution in [0.4, 0.5) is 0 Å². The van der Waals surface area contributed by atoms with E-state index in [4.69, 9.17) is 4.52 Å². The van der Waals surface area contributed by atoms with Gasteiger partial charge < -0.3 is 19.3 Å². The highest BCUT2D eigenvalue weighted by Crippen LogP contribution is 2.40. The van der Waals surface area contributed by atoms with Gasteiger partial charge in [-0.1, -0.05) is 5.16 Å². The van der Waals surface area contributed by atoms with E-state index in [1.165, 1.54) is 0 Å². The first-order valence-corrected chi connectivity index (χ1v) is 7.65. The third-order valence-corrected chi connectivity index (χ3v) is 4.39. The zero-order chi connectivity index (χ0) is 16.0. The molecule has 1 saturated carbocycles. The van der Waals surface area contributed by atoms with Crippen molar-refractivity contribution in [3.63, 3.8) is 0 Å². The molecule has 8 nitrogen and oxygen atoms in total. The monoisotopic (exact) mass is 315 g/mol. The van der Waals surface area contributed by atoms with Crippen molar-refractivity contribution >= 4 is 11.8 Å². The van der Waals surface area contributed by atoms with Gasteiger partial charge in [0, 0.05) is 25.2 Å². The van der Waals surface area contributed by atoms with E-state index >= 15 is 0 Å². The normalized spacial score (nSPS) is 20.2. The van der Waals surface area contributed by atoms with Crippen LogP contribution in [0.2, 0.25) is 0 Å². The molecule has 1 atom stereocenters. The summed E-state index contributed by atoms with van der Waals surface area (Å²) in [6, 6.07) is 1.24. The Hall–Kier alpha value is -2.64. The van der Waals surface area contributed by atoms with Crippen LogP contribution < -0.4 is 5.32 Å². The zero-order valence-electron chi connectivity index (χ0n) is 12.7. The van der Waals surface area contributed by atoms with Gasteiger partial charge >= 0.3 is 0 Å². The molecule has 2 aromatic heterocycles. The summed E-state index contributed by atoms with van der Waals surface area (Å²) >= 11 is 0. The largest absolute Gasteiger partial charge is 0.360 e. The molecule has 2 amide bonds. The Morgan fingerprint density at radius 1 is 1.39 bits per heavy atom. The number of carbonyl (C=O) groups excluding carboxylic acids is 2. The van der Waals surface area contributed by atoms with E-state index in [1.54, 1.807) is 35.1 Å². The third kappa shape index (κ3) is 2.39. The van der Waals surface area contributed by atoms with Crippen molar-refractivity contribution in [1.29, 1.82) is 0 Å². The Morgan fingerprint density at radius 2 is 2.22 bits per heavy atom. The number of fused-ring (bicyclic) bond motifs is 1. The quantitative estimate of drug-likeness (QED) is 0.899. The molecule has 0 spiro atoms. The van der Waals surface area contributed by atoms with Crippen molar-refractivity contribution in [2.45, 2.75) is 31.3 Å². The summed E-state index contributed by atoms with van der Waals surface area (Å²) in [5.74, 6) is 0.811. The third-order valence-electron chi connectivity index (χ3n) is 4.39. The standard InChI is InChI=1S/C15H17N5O3/c1-16-14(21)12-7-19(6-10-5-17-8-20(10)12)15(22)11-4-13(23-18-11)9-2-3-9/h4-5,8-9,12H,2-3,6-7H2,1H3,(H,16,21). The Kier molecular flexibility index (Phi) is 3.17. The highest BCUT2D eigenvalue weighted by Gasteiger charge is 2.34. The first-order chi connectivity index (χ1) is 11.2.